The van der Waals surface area contributed by atoms with Gasteiger partial charge in [-0.25, -0.2) is 0 Å². The molecule has 4 heteroatoms. The summed E-state index contributed by atoms with van der Waals surface area (Å²) in [6.45, 7) is 3.43. The summed E-state index contributed by atoms with van der Waals surface area (Å²) >= 11 is 0. The number of fused-ring (bicyclic) bond motifs is 4. The lowest BCUT2D eigenvalue weighted by atomic mass is 9.83. The van der Waals surface area contributed by atoms with Gasteiger partial charge in [0.2, 0.25) is 0 Å². The van der Waals surface area contributed by atoms with Crippen LogP contribution in [-0.4, -0.2) is 40.8 Å². The molecule has 1 aromatic rings. The molecule has 2 aliphatic heterocycles. The van der Waals surface area contributed by atoms with Crippen molar-refractivity contribution in [2.75, 3.05) is 26.2 Å². The molecule has 2 aliphatic rings. The predicted octanol–water partition coefficient (Wildman–Crippen LogP) is 0.263. The molecule has 0 radical (unpaired) electrons. The molecule has 2 atom stereocenters. The third-order valence-electron chi connectivity index (χ3n) is 4.06. The number of likely N-dealkylation sites (tertiary alicyclic amines) is 1. The molecule has 1 aromatic heterocycles. The Labute approximate surface area is 112 Å². The second kappa shape index (κ2) is 5.20. The number of hydrogen-bond donors (Lipinski definition) is 1. The van der Waals surface area contributed by atoms with Crippen molar-refractivity contribution in [1.29, 1.82) is 0 Å². The monoisotopic (exact) mass is 258 g/mol. The lowest BCUT2D eigenvalue weighted by Crippen LogP contribution is -2.47. The molecule has 0 amide bonds. The van der Waals surface area contributed by atoms with Gasteiger partial charge in [-0.2, -0.15) is 0 Å². The number of aliphatic hydroxyl groups is 1. The van der Waals surface area contributed by atoms with Gasteiger partial charge in [0.25, 0.3) is 5.56 Å². The maximum atomic E-state index is 11.9. The average Bonchev–Trinajstić information content (AvgIpc) is 2.40. The van der Waals surface area contributed by atoms with Crippen LogP contribution in [0.25, 0.3) is 0 Å². The Morgan fingerprint density at radius 1 is 1.26 bits per heavy atom. The van der Waals surface area contributed by atoms with Crippen LogP contribution in [-0.2, 0) is 6.54 Å². The van der Waals surface area contributed by atoms with E-state index in [9.17, 15) is 4.79 Å². The van der Waals surface area contributed by atoms with Gasteiger partial charge in [-0.3, -0.25) is 9.69 Å². The molecule has 0 unspecified atom stereocenters. The van der Waals surface area contributed by atoms with E-state index in [1.54, 1.807) is 6.07 Å². The fraction of sp³-hybridized carbons (Fsp3) is 0.533. The number of aliphatic hydroxyl groups excluding tert-OH is 1. The van der Waals surface area contributed by atoms with Crippen LogP contribution in [0.2, 0.25) is 0 Å². The number of hydrogen-bond acceptors (Lipinski definition) is 3. The van der Waals surface area contributed by atoms with Gasteiger partial charge in [0.1, 0.15) is 6.61 Å². The quantitative estimate of drug-likeness (QED) is 0.735. The molecule has 0 spiro atoms. The standard InChI is InChI=1S/C15H18N2O2/c18-7-2-1-6-16-9-12-8-13(11-16)14-4-3-5-15(19)17(14)10-12/h3-5,12-13,18H,6-11H2/t12-,13-/m1/s1. The van der Waals surface area contributed by atoms with Crippen LogP contribution >= 0.6 is 0 Å². The van der Waals surface area contributed by atoms with Crippen molar-refractivity contribution in [1.82, 2.24) is 9.47 Å². The summed E-state index contributed by atoms with van der Waals surface area (Å²) < 4.78 is 1.94. The molecular formula is C15H18N2O2. The molecule has 1 fully saturated rings. The van der Waals surface area contributed by atoms with Crippen LogP contribution in [0.1, 0.15) is 18.0 Å². The van der Waals surface area contributed by atoms with Crippen molar-refractivity contribution < 1.29 is 5.11 Å². The minimum absolute atomic E-state index is 0.0705. The number of piperidine rings is 1. The van der Waals surface area contributed by atoms with Gasteiger partial charge in [-0.05, 0) is 18.4 Å². The Hall–Kier alpha value is -1.57. The molecule has 2 bridgehead atoms. The lowest BCUT2D eigenvalue weighted by Gasteiger charge is -2.42. The number of rotatable bonds is 1. The first-order valence-electron chi connectivity index (χ1n) is 6.76. The zero-order chi connectivity index (χ0) is 13.2. The molecular weight excluding hydrogens is 240 g/mol. The van der Waals surface area contributed by atoms with Crippen LogP contribution in [0.4, 0.5) is 0 Å². The summed E-state index contributed by atoms with van der Waals surface area (Å²) in [6.07, 6.45) is 1.17. The molecule has 4 nitrogen and oxygen atoms in total. The Balaban J connectivity index is 1.82. The molecule has 19 heavy (non-hydrogen) atoms. The summed E-state index contributed by atoms with van der Waals surface area (Å²) in [7, 11) is 0. The SMILES string of the molecule is O=c1cccc2n1C[C@@H]1C[C@@H]2CN(CC#CCO)C1. The molecule has 0 aliphatic carbocycles. The molecule has 1 saturated heterocycles. The highest BCUT2D eigenvalue weighted by atomic mass is 16.2. The fourth-order valence-corrected chi connectivity index (χ4v) is 3.35. The normalized spacial score (nSPS) is 25.3. The first-order chi connectivity index (χ1) is 9.28. The van der Waals surface area contributed by atoms with E-state index in [0.717, 1.165) is 19.6 Å². The smallest absolute Gasteiger partial charge is 0.250 e. The van der Waals surface area contributed by atoms with Crippen LogP contribution in [0.5, 0.6) is 0 Å². The predicted molar refractivity (Wildman–Crippen MR) is 72.9 cm³/mol. The average molecular weight is 258 g/mol. The minimum atomic E-state index is -0.0705. The van der Waals surface area contributed by atoms with E-state index < -0.39 is 0 Å². The van der Waals surface area contributed by atoms with E-state index in [4.69, 9.17) is 5.11 Å². The third kappa shape index (κ3) is 2.44. The van der Waals surface area contributed by atoms with Crippen molar-refractivity contribution in [2.45, 2.75) is 18.9 Å². The molecule has 0 saturated carbocycles. The highest BCUT2D eigenvalue weighted by Crippen LogP contribution is 2.34. The van der Waals surface area contributed by atoms with E-state index in [0.29, 0.717) is 18.4 Å². The molecule has 3 heterocycles. The summed E-state index contributed by atoms with van der Waals surface area (Å²) in [5.74, 6) is 6.67. The third-order valence-corrected chi connectivity index (χ3v) is 4.06. The molecule has 0 aromatic carbocycles. The molecule has 3 rings (SSSR count). The van der Waals surface area contributed by atoms with Gasteiger partial charge < -0.3 is 9.67 Å². The van der Waals surface area contributed by atoms with Crippen molar-refractivity contribution in [3.05, 3.63) is 34.2 Å². The van der Waals surface area contributed by atoms with Crippen LogP contribution in [0.15, 0.2) is 23.0 Å². The largest absolute Gasteiger partial charge is 0.384 e. The van der Waals surface area contributed by atoms with Gasteiger partial charge >= 0.3 is 0 Å². The Morgan fingerprint density at radius 2 is 2.16 bits per heavy atom. The van der Waals surface area contributed by atoms with Gasteiger partial charge in [0.05, 0.1) is 6.54 Å². The van der Waals surface area contributed by atoms with Crippen molar-refractivity contribution in [3.8, 4) is 11.8 Å². The summed E-state index contributed by atoms with van der Waals surface area (Å²) in [5, 5.41) is 8.69. The van der Waals surface area contributed by atoms with E-state index >= 15 is 0 Å². The Kier molecular flexibility index (Phi) is 3.41. The van der Waals surface area contributed by atoms with Crippen LogP contribution < -0.4 is 5.56 Å². The van der Waals surface area contributed by atoms with Crippen LogP contribution in [0, 0.1) is 17.8 Å². The van der Waals surface area contributed by atoms with E-state index in [-0.39, 0.29) is 12.2 Å². The van der Waals surface area contributed by atoms with Gasteiger partial charge in [0.15, 0.2) is 0 Å². The van der Waals surface area contributed by atoms with E-state index in [1.165, 1.54) is 12.1 Å². The van der Waals surface area contributed by atoms with Gasteiger partial charge in [-0.15, -0.1) is 0 Å². The highest BCUT2D eigenvalue weighted by Gasteiger charge is 2.33. The molecule has 100 valence electrons. The van der Waals surface area contributed by atoms with E-state index in [2.05, 4.69) is 22.8 Å². The Bertz CT molecular complexity index is 582. The second-order valence-corrected chi connectivity index (χ2v) is 5.40. The van der Waals surface area contributed by atoms with Crippen LogP contribution in [0.3, 0.4) is 0 Å². The number of aromatic nitrogens is 1. The summed E-state index contributed by atoms with van der Waals surface area (Å²) in [4.78, 5) is 14.2. The second-order valence-electron chi connectivity index (χ2n) is 5.40. The van der Waals surface area contributed by atoms with Crippen molar-refractivity contribution >= 4 is 0 Å². The summed E-state index contributed by atoms with van der Waals surface area (Å²) in [6, 6.07) is 5.58. The maximum Gasteiger partial charge on any atom is 0.250 e. The fourth-order valence-electron chi connectivity index (χ4n) is 3.35. The first kappa shape index (κ1) is 12.5. The Morgan fingerprint density at radius 3 is 3.00 bits per heavy atom. The topological polar surface area (TPSA) is 45.5 Å². The zero-order valence-corrected chi connectivity index (χ0v) is 10.9. The minimum Gasteiger partial charge on any atom is -0.384 e. The lowest BCUT2D eigenvalue weighted by molar-refractivity contribution is 0.133. The number of nitrogens with zero attached hydrogens (tertiary/aromatic N) is 2. The van der Waals surface area contributed by atoms with E-state index in [1.807, 2.05) is 10.6 Å². The highest BCUT2D eigenvalue weighted by molar-refractivity contribution is 5.17. The van der Waals surface area contributed by atoms with Gasteiger partial charge in [0, 0.05) is 37.3 Å². The number of pyridine rings is 1. The van der Waals surface area contributed by atoms with Gasteiger partial charge in [-0.1, -0.05) is 17.9 Å². The first-order valence-corrected chi connectivity index (χ1v) is 6.76. The van der Waals surface area contributed by atoms with Crippen molar-refractivity contribution in [2.24, 2.45) is 5.92 Å². The zero-order valence-electron chi connectivity index (χ0n) is 10.9. The van der Waals surface area contributed by atoms with Crippen molar-refractivity contribution in [3.63, 3.8) is 0 Å². The summed E-state index contributed by atoms with van der Waals surface area (Å²) in [5.41, 5.74) is 1.30. The maximum absolute atomic E-state index is 11.9. The molecule has 1 N–H and O–H groups in total.